The number of aliphatic carboxylic acids is 1. The summed E-state index contributed by atoms with van der Waals surface area (Å²) >= 11 is 0. The summed E-state index contributed by atoms with van der Waals surface area (Å²) in [7, 11) is -3.65. The van der Waals surface area contributed by atoms with E-state index in [2.05, 4.69) is 0 Å². The third kappa shape index (κ3) is 9.53. The van der Waals surface area contributed by atoms with E-state index in [4.69, 9.17) is 9.47 Å². The van der Waals surface area contributed by atoms with E-state index >= 15 is 0 Å². The molecule has 0 saturated carbocycles. The average molecular weight is 485 g/mol. The maximum absolute atomic E-state index is 12.4. The van der Waals surface area contributed by atoms with Crippen molar-refractivity contribution < 1.29 is 37.4 Å². The lowest BCUT2D eigenvalue weighted by atomic mass is 9.76. The summed E-state index contributed by atoms with van der Waals surface area (Å²) in [5.41, 5.74) is -0.602. The minimum atomic E-state index is -3.65. The van der Waals surface area contributed by atoms with Crippen molar-refractivity contribution in [2.75, 3.05) is 24.7 Å². The Morgan fingerprint density at radius 1 is 0.970 bits per heavy atom. The zero-order chi connectivity index (χ0) is 25.3. The van der Waals surface area contributed by atoms with E-state index in [1.807, 2.05) is 0 Å². The number of hydrogen-bond acceptors (Lipinski definition) is 7. The van der Waals surface area contributed by atoms with E-state index < -0.39 is 38.4 Å². The van der Waals surface area contributed by atoms with Crippen molar-refractivity contribution in [3.05, 3.63) is 35.4 Å². The first-order chi connectivity index (χ1) is 15.2. The lowest BCUT2D eigenvalue weighted by molar-refractivity contribution is -0.144. The van der Waals surface area contributed by atoms with Gasteiger partial charge in [0.25, 0.3) is 0 Å². The molecule has 1 rings (SSSR count). The number of esters is 2. The van der Waals surface area contributed by atoms with Gasteiger partial charge in [-0.2, -0.15) is 0 Å². The molecule has 1 N–H and O–H groups in total. The van der Waals surface area contributed by atoms with Crippen LogP contribution in [0.3, 0.4) is 0 Å². The highest BCUT2D eigenvalue weighted by molar-refractivity contribution is 7.92. The van der Waals surface area contributed by atoms with Gasteiger partial charge < -0.3 is 14.6 Å². The second-order valence-electron chi connectivity index (χ2n) is 9.17. The number of rotatable bonds is 14. The largest absolute Gasteiger partial charge is 0.481 e. The first-order valence-corrected chi connectivity index (χ1v) is 12.9. The zero-order valence-electron chi connectivity index (χ0n) is 20.2. The molecule has 0 aliphatic rings. The summed E-state index contributed by atoms with van der Waals surface area (Å²) in [5, 5.41) is 9.97. The van der Waals surface area contributed by atoms with Crippen molar-refractivity contribution in [2.45, 2.75) is 65.7 Å². The maximum Gasteiger partial charge on any atom is 0.321 e. The topological polar surface area (TPSA) is 124 Å². The number of carbonyl (C=O) groups is 3. The normalized spacial score (nSPS) is 13.7. The van der Waals surface area contributed by atoms with E-state index in [0.717, 1.165) is 0 Å². The van der Waals surface area contributed by atoms with Crippen LogP contribution < -0.4 is 0 Å². The molecule has 0 heterocycles. The first kappa shape index (κ1) is 28.6. The number of sulfone groups is 1. The van der Waals surface area contributed by atoms with Crippen LogP contribution in [0.4, 0.5) is 0 Å². The number of ether oxygens (including phenoxy) is 2. The highest BCUT2D eigenvalue weighted by Crippen LogP contribution is 2.34. The van der Waals surface area contributed by atoms with Gasteiger partial charge in [-0.25, -0.2) is 8.42 Å². The number of hydrogen-bond donors (Lipinski definition) is 1. The van der Waals surface area contributed by atoms with Gasteiger partial charge in [0.1, 0.15) is 5.75 Å². The molecule has 0 aliphatic carbocycles. The summed E-state index contributed by atoms with van der Waals surface area (Å²) < 4.78 is 34.4. The third-order valence-electron chi connectivity index (χ3n) is 5.47. The van der Waals surface area contributed by atoms with Gasteiger partial charge in [0.15, 0.2) is 9.84 Å². The molecule has 33 heavy (non-hydrogen) atoms. The van der Waals surface area contributed by atoms with E-state index in [1.165, 1.54) is 0 Å². The highest BCUT2D eigenvalue weighted by atomic mass is 32.2. The molecule has 0 aliphatic heterocycles. The molecule has 0 fully saturated rings. The van der Waals surface area contributed by atoms with E-state index in [-0.39, 0.29) is 37.8 Å². The van der Waals surface area contributed by atoms with Gasteiger partial charge in [0, 0.05) is 0 Å². The fourth-order valence-electron chi connectivity index (χ4n) is 3.80. The van der Waals surface area contributed by atoms with Crippen LogP contribution in [0.15, 0.2) is 24.3 Å². The van der Waals surface area contributed by atoms with Crippen molar-refractivity contribution in [1.82, 2.24) is 0 Å². The average Bonchev–Trinajstić information content (AvgIpc) is 2.66. The van der Waals surface area contributed by atoms with Crippen molar-refractivity contribution in [3.63, 3.8) is 0 Å². The van der Waals surface area contributed by atoms with Gasteiger partial charge in [0.05, 0.1) is 30.8 Å². The molecule has 1 unspecified atom stereocenters. The van der Waals surface area contributed by atoms with Crippen molar-refractivity contribution in [3.8, 4) is 0 Å². The predicted molar refractivity (Wildman–Crippen MR) is 125 cm³/mol. The molecule has 0 amide bonds. The SMILES string of the molecule is CCOC(=O)Cc1cccc(C(C)(CCCC(C)(C)CS(=O)(=O)CC(=O)OCC)C(=O)O)c1. The molecule has 0 aromatic heterocycles. The van der Waals surface area contributed by atoms with Gasteiger partial charge in [0.2, 0.25) is 0 Å². The molecule has 0 bridgehead atoms. The van der Waals surface area contributed by atoms with Crippen LogP contribution in [0.5, 0.6) is 0 Å². The Balaban J connectivity index is 2.88. The smallest absolute Gasteiger partial charge is 0.321 e. The molecule has 0 spiro atoms. The van der Waals surface area contributed by atoms with Gasteiger partial charge in [-0.05, 0) is 50.2 Å². The van der Waals surface area contributed by atoms with Crippen LogP contribution in [0.25, 0.3) is 0 Å². The number of benzene rings is 1. The standard InChI is InChI=1S/C24H36O8S/c1-6-31-20(25)15-18-10-8-11-19(14-18)24(5,22(27)28)13-9-12-23(3,4)17-33(29,30)16-21(26)32-7-2/h8,10-11,14H,6-7,9,12-13,15-17H2,1-5H3,(H,27,28). The van der Waals surface area contributed by atoms with Crippen LogP contribution in [-0.2, 0) is 45.5 Å². The molecule has 1 aromatic carbocycles. The maximum atomic E-state index is 12.4. The second kappa shape index (κ2) is 12.2. The van der Waals surface area contributed by atoms with Gasteiger partial charge in [-0.15, -0.1) is 0 Å². The van der Waals surface area contributed by atoms with Gasteiger partial charge in [-0.1, -0.05) is 44.5 Å². The monoisotopic (exact) mass is 484 g/mol. The molecule has 1 atom stereocenters. The van der Waals surface area contributed by atoms with Gasteiger partial charge >= 0.3 is 17.9 Å². The number of carbonyl (C=O) groups excluding carboxylic acids is 2. The highest BCUT2D eigenvalue weighted by Gasteiger charge is 2.36. The molecular weight excluding hydrogens is 448 g/mol. The molecule has 9 heteroatoms. The number of carboxylic acid groups (broad SMARTS) is 1. The summed E-state index contributed by atoms with van der Waals surface area (Å²) in [6.07, 6.45) is 1.27. The van der Waals surface area contributed by atoms with Crippen LogP contribution in [0.2, 0.25) is 0 Å². The van der Waals surface area contributed by atoms with Crippen molar-refractivity contribution >= 4 is 27.7 Å². The summed E-state index contributed by atoms with van der Waals surface area (Å²) in [6, 6.07) is 6.90. The van der Waals surface area contributed by atoms with Gasteiger partial charge in [-0.3, -0.25) is 14.4 Å². The zero-order valence-corrected chi connectivity index (χ0v) is 21.0. The molecule has 8 nitrogen and oxygen atoms in total. The lowest BCUT2D eigenvalue weighted by Crippen LogP contribution is -2.34. The summed E-state index contributed by atoms with van der Waals surface area (Å²) in [5.74, 6) is -3.00. The quantitative estimate of drug-likeness (QED) is 0.399. The van der Waals surface area contributed by atoms with Crippen LogP contribution in [0.1, 0.15) is 65.0 Å². The third-order valence-corrected chi connectivity index (χ3v) is 7.37. The van der Waals surface area contributed by atoms with E-state index in [1.54, 1.807) is 58.9 Å². The lowest BCUT2D eigenvalue weighted by Gasteiger charge is -2.29. The molecule has 1 aromatic rings. The molecule has 186 valence electrons. The van der Waals surface area contributed by atoms with Crippen LogP contribution in [-0.4, -0.2) is 56.2 Å². The second-order valence-corrected chi connectivity index (χ2v) is 11.2. The van der Waals surface area contributed by atoms with Crippen LogP contribution >= 0.6 is 0 Å². The fourth-order valence-corrected chi connectivity index (χ4v) is 5.68. The van der Waals surface area contributed by atoms with Crippen molar-refractivity contribution in [1.29, 1.82) is 0 Å². The molecular formula is C24H36O8S. The Morgan fingerprint density at radius 3 is 2.15 bits per heavy atom. The fraction of sp³-hybridized carbons (Fsp3) is 0.625. The Kier molecular flexibility index (Phi) is 10.5. The van der Waals surface area contributed by atoms with Crippen molar-refractivity contribution in [2.24, 2.45) is 5.41 Å². The Hall–Kier alpha value is -2.42. The summed E-state index contributed by atoms with van der Waals surface area (Å²) in [6.45, 7) is 8.92. The predicted octanol–water partition coefficient (Wildman–Crippen LogP) is 3.31. The summed E-state index contributed by atoms with van der Waals surface area (Å²) in [4.78, 5) is 35.5. The minimum Gasteiger partial charge on any atom is -0.481 e. The minimum absolute atomic E-state index is 0.0583. The van der Waals surface area contributed by atoms with E-state index in [9.17, 15) is 27.9 Å². The van der Waals surface area contributed by atoms with Crippen LogP contribution in [0, 0.1) is 5.41 Å². The van der Waals surface area contributed by atoms with E-state index in [0.29, 0.717) is 24.0 Å². The Labute approximate surface area is 196 Å². The Morgan fingerprint density at radius 2 is 1.58 bits per heavy atom. The first-order valence-electron chi connectivity index (χ1n) is 11.1. The number of carboxylic acids is 1. The Bertz CT molecular complexity index is 936. The molecule has 0 saturated heterocycles. The molecule has 0 radical (unpaired) electrons.